The van der Waals surface area contributed by atoms with E-state index >= 15 is 0 Å². The average Bonchev–Trinajstić information content (AvgIpc) is 3.14. The lowest BCUT2D eigenvalue weighted by molar-refractivity contribution is 0.173. The predicted octanol–water partition coefficient (Wildman–Crippen LogP) is 4.87. The molecule has 112 valence electrons. The Bertz CT molecular complexity index is 601. The summed E-state index contributed by atoms with van der Waals surface area (Å²) in [5.41, 5.74) is 1.20. The Morgan fingerprint density at radius 2 is 2.29 bits per heavy atom. The van der Waals surface area contributed by atoms with Gasteiger partial charge in [-0.05, 0) is 51.5 Å². The number of hydrogen-bond donors (Lipinski definition) is 1. The molecular formula is C16H18BrNO2S. The summed E-state index contributed by atoms with van der Waals surface area (Å²) in [5, 5.41) is 5.79. The molecule has 1 aromatic carbocycles. The Hall–Kier alpha value is -1.04. The number of ether oxygens (including phenoxy) is 2. The highest BCUT2D eigenvalue weighted by Gasteiger charge is 2.18. The molecule has 0 spiro atoms. The fourth-order valence-corrected chi connectivity index (χ4v) is 3.93. The summed E-state index contributed by atoms with van der Waals surface area (Å²) in [6, 6.07) is 8.88. The standard InChI is InChI=1S/C16H18BrNO2S/c1-2-4-13(15-5-3-6-21-15)18-9-11-7-12(17)16-14(8-11)19-10-20-16/h3,5-8,13,18H,2,4,9-10H2,1H3. The molecule has 3 rings (SSSR count). The molecule has 0 saturated heterocycles. The van der Waals surface area contributed by atoms with Crippen LogP contribution in [0.3, 0.4) is 0 Å². The van der Waals surface area contributed by atoms with Crippen LogP contribution in [0.2, 0.25) is 0 Å². The van der Waals surface area contributed by atoms with Crippen LogP contribution in [0.15, 0.2) is 34.1 Å². The van der Waals surface area contributed by atoms with Crippen molar-refractivity contribution in [3.05, 3.63) is 44.6 Å². The van der Waals surface area contributed by atoms with Crippen molar-refractivity contribution in [2.45, 2.75) is 32.4 Å². The van der Waals surface area contributed by atoms with Gasteiger partial charge in [-0.1, -0.05) is 19.4 Å². The monoisotopic (exact) mass is 367 g/mol. The van der Waals surface area contributed by atoms with Crippen molar-refractivity contribution in [1.82, 2.24) is 5.32 Å². The molecule has 0 radical (unpaired) electrons. The van der Waals surface area contributed by atoms with Crippen LogP contribution in [0.4, 0.5) is 0 Å². The number of nitrogens with one attached hydrogen (secondary N) is 1. The van der Waals surface area contributed by atoms with Crippen molar-refractivity contribution in [1.29, 1.82) is 0 Å². The van der Waals surface area contributed by atoms with Gasteiger partial charge >= 0.3 is 0 Å². The molecule has 1 aliphatic rings. The van der Waals surface area contributed by atoms with E-state index in [4.69, 9.17) is 9.47 Å². The number of hydrogen-bond acceptors (Lipinski definition) is 4. The lowest BCUT2D eigenvalue weighted by Gasteiger charge is -2.17. The third-order valence-electron chi connectivity index (χ3n) is 3.50. The zero-order chi connectivity index (χ0) is 14.7. The van der Waals surface area contributed by atoms with E-state index in [1.54, 1.807) is 0 Å². The molecular weight excluding hydrogens is 350 g/mol. The minimum absolute atomic E-state index is 0.304. The van der Waals surface area contributed by atoms with Crippen LogP contribution in [0, 0.1) is 0 Å². The molecule has 1 atom stereocenters. The second-order valence-corrected chi connectivity index (χ2v) is 6.88. The maximum Gasteiger partial charge on any atom is 0.231 e. The minimum atomic E-state index is 0.304. The maximum atomic E-state index is 5.47. The summed E-state index contributed by atoms with van der Waals surface area (Å²) in [7, 11) is 0. The van der Waals surface area contributed by atoms with Crippen molar-refractivity contribution in [3.8, 4) is 11.5 Å². The molecule has 1 aromatic heterocycles. The number of fused-ring (bicyclic) bond motifs is 1. The first-order chi connectivity index (χ1) is 10.3. The highest BCUT2D eigenvalue weighted by Crippen LogP contribution is 2.40. The summed E-state index contributed by atoms with van der Waals surface area (Å²) in [6.07, 6.45) is 2.31. The van der Waals surface area contributed by atoms with Crippen LogP contribution >= 0.6 is 27.3 Å². The number of halogens is 1. The number of thiophene rings is 1. The lowest BCUT2D eigenvalue weighted by atomic mass is 10.1. The SMILES string of the molecule is CCCC(NCc1cc(Br)c2c(c1)OCO2)c1cccs1. The average molecular weight is 368 g/mol. The van der Waals surface area contributed by atoms with Crippen molar-refractivity contribution in [2.75, 3.05) is 6.79 Å². The Kier molecular flexibility index (Phi) is 4.83. The summed E-state index contributed by atoms with van der Waals surface area (Å²) >= 11 is 5.36. The molecule has 0 fully saturated rings. The Morgan fingerprint density at radius 3 is 3.05 bits per heavy atom. The number of rotatable bonds is 6. The van der Waals surface area contributed by atoms with Gasteiger partial charge in [0.05, 0.1) is 4.47 Å². The van der Waals surface area contributed by atoms with Crippen LogP contribution in [-0.4, -0.2) is 6.79 Å². The van der Waals surface area contributed by atoms with Gasteiger partial charge < -0.3 is 14.8 Å². The summed E-state index contributed by atoms with van der Waals surface area (Å²) in [4.78, 5) is 1.40. The van der Waals surface area contributed by atoms with Crippen LogP contribution in [0.1, 0.15) is 36.2 Å². The topological polar surface area (TPSA) is 30.5 Å². The van der Waals surface area contributed by atoms with E-state index in [1.807, 2.05) is 11.3 Å². The van der Waals surface area contributed by atoms with Gasteiger partial charge in [-0.15, -0.1) is 11.3 Å². The van der Waals surface area contributed by atoms with Gasteiger partial charge in [0.2, 0.25) is 6.79 Å². The van der Waals surface area contributed by atoms with E-state index in [0.717, 1.165) is 28.9 Å². The molecule has 0 bridgehead atoms. The molecule has 0 amide bonds. The molecule has 21 heavy (non-hydrogen) atoms. The Morgan fingerprint density at radius 1 is 1.38 bits per heavy atom. The lowest BCUT2D eigenvalue weighted by Crippen LogP contribution is -2.20. The van der Waals surface area contributed by atoms with Gasteiger partial charge in [0.1, 0.15) is 0 Å². The third-order valence-corrected chi connectivity index (χ3v) is 5.08. The van der Waals surface area contributed by atoms with E-state index in [0.29, 0.717) is 12.8 Å². The molecule has 3 nitrogen and oxygen atoms in total. The van der Waals surface area contributed by atoms with Crippen molar-refractivity contribution < 1.29 is 9.47 Å². The third kappa shape index (κ3) is 3.42. The highest BCUT2D eigenvalue weighted by atomic mass is 79.9. The first-order valence-electron chi connectivity index (χ1n) is 7.12. The summed E-state index contributed by atoms with van der Waals surface area (Å²) < 4.78 is 11.8. The largest absolute Gasteiger partial charge is 0.454 e. The molecule has 2 aromatic rings. The van der Waals surface area contributed by atoms with E-state index < -0.39 is 0 Å². The first kappa shape index (κ1) is 14.9. The van der Waals surface area contributed by atoms with E-state index in [9.17, 15) is 0 Å². The molecule has 0 saturated carbocycles. The van der Waals surface area contributed by atoms with E-state index in [1.165, 1.54) is 16.9 Å². The quantitative estimate of drug-likeness (QED) is 0.789. The predicted molar refractivity (Wildman–Crippen MR) is 89.1 cm³/mol. The fourth-order valence-electron chi connectivity index (χ4n) is 2.49. The van der Waals surface area contributed by atoms with Crippen molar-refractivity contribution >= 4 is 27.3 Å². The first-order valence-corrected chi connectivity index (χ1v) is 8.80. The van der Waals surface area contributed by atoms with E-state index in [2.05, 4.69) is 57.8 Å². The van der Waals surface area contributed by atoms with Crippen LogP contribution in [0.25, 0.3) is 0 Å². The summed E-state index contributed by atoms with van der Waals surface area (Å²) in [5.74, 6) is 1.63. The second-order valence-electron chi connectivity index (χ2n) is 5.05. The molecule has 1 unspecified atom stereocenters. The van der Waals surface area contributed by atoms with Gasteiger partial charge in [0.15, 0.2) is 11.5 Å². The normalized spacial score (nSPS) is 14.4. The molecule has 2 heterocycles. The van der Waals surface area contributed by atoms with Crippen molar-refractivity contribution in [3.63, 3.8) is 0 Å². The number of benzene rings is 1. The fraction of sp³-hybridized carbons (Fsp3) is 0.375. The van der Waals surface area contributed by atoms with Gasteiger partial charge in [0.25, 0.3) is 0 Å². The highest BCUT2D eigenvalue weighted by molar-refractivity contribution is 9.10. The van der Waals surface area contributed by atoms with Crippen LogP contribution < -0.4 is 14.8 Å². The minimum Gasteiger partial charge on any atom is -0.454 e. The van der Waals surface area contributed by atoms with Gasteiger partial charge in [0, 0.05) is 17.5 Å². The molecule has 5 heteroatoms. The summed E-state index contributed by atoms with van der Waals surface area (Å²) in [6.45, 7) is 3.34. The zero-order valence-electron chi connectivity index (χ0n) is 11.9. The maximum absolute atomic E-state index is 5.47. The van der Waals surface area contributed by atoms with Crippen molar-refractivity contribution in [2.24, 2.45) is 0 Å². The molecule has 1 aliphatic heterocycles. The van der Waals surface area contributed by atoms with Gasteiger partial charge in [-0.25, -0.2) is 0 Å². The van der Waals surface area contributed by atoms with Gasteiger partial charge in [-0.2, -0.15) is 0 Å². The zero-order valence-corrected chi connectivity index (χ0v) is 14.3. The van der Waals surface area contributed by atoms with Gasteiger partial charge in [-0.3, -0.25) is 0 Å². The second kappa shape index (κ2) is 6.81. The Labute approximate surface area is 137 Å². The van der Waals surface area contributed by atoms with Crippen LogP contribution in [0.5, 0.6) is 11.5 Å². The molecule has 0 aliphatic carbocycles. The van der Waals surface area contributed by atoms with Crippen LogP contribution in [-0.2, 0) is 6.54 Å². The smallest absolute Gasteiger partial charge is 0.231 e. The molecule has 1 N–H and O–H groups in total. The Balaban J connectivity index is 1.70. The van der Waals surface area contributed by atoms with E-state index in [-0.39, 0.29) is 0 Å².